The molecule has 1 heterocycles. The van der Waals surface area contributed by atoms with E-state index in [4.69, 9.17) is 33.6 Å². The zero-order chi connectivity index (χ0) is 14.7. The van der Waals surface area contributed by atoms with Gasteiger partial charge in [0.15, 0.2) is 0 Å². The summed E-state index contributed by atoms with van der Waals surface area (Å²) in [6, 6.07) is 4.62. The number of hydrogen-bond donors (Lipinski definition) is 1. The van der Waals surface area contributed by atoms with Gasteiger partial charge in [-0.25, -0.2) is 9.79 Å². The van der Waals surface area contributed by atoms with Crippen LogP contribution >= 0.6 is 23.2 Å². The van der Waals surface area contributed by atoms with Crippen LogP contribution in [0.4, 0.5) is 5.69 Å². The van der Waals surface area contributed by atoms with Crippen LogP contribution in [0.5, 0.6) is 0 Å². The van der Waals surface area contributed by atoms with E-state index in [0.29, 0.717) is 0 Å². The highest BCUT2D eigenvalue weighted by Crippen LogP contribution is 2.32. The Labute approximate surface area is 126 Å². The molecule has 1 saturated heterocycles. The number of hydrogen-bond acceptors (Lipinski definition) is 3. The van der Waals surface area contributed by atoms with E-state index in [1.165, 1.54) is 12.1 Å². The number of aromatic carboxylic acids is 1. The van der Waals surface area contributed by atoms with Gasteiger partial charge in [-0.05, 0) is 25.0 Å². The number of nitriles is 1. The summed E-state index contributed by atoms with van der Waals surface area (Å²) in [5.41, 5.74) is 0.144. The van der Waals surface area contributed by atoms with Gasteiger partial charge in [-0.1, -0.05) is 23.2 Å². The monoisotopic (exact) mass is 311 g/mol. The van der Waals surface area contributed by atoms with Crippen molar-refractivity contribution in [2.45, 2.75) is 12.8 Å². The van der Waals surface area contributed by atoms with Gasteiger partial charge in [0, 0.05) is 13.1 Å². The van der Waals surface area contributed by atoms with Crippen LogP contribution in [0.3, 0.4) is 0 Å². The van der Waals surface area contributed by atoms with Crippen molar-refractivity contribution in [2.75, 3.05) is 13.1 Å². The number of amidine groups is 1. The topological polar surface area (TPSA) is 76.7 Å². The number of benzene rings is 1. The molecule has 1 aliphatic rings. The number of aliphatic imine (C=N–C) groups is 1. The molecule has 0 radical (unpaired) electrons. The third-order valence-electron chi connectivity index (χ3n) is 3.00. The molecule has 0 saturated carbocycles. The van der Waals surface area contributed by atoms with Crippen molar-refractivity contribution in [2.24, 2.45) is 4.99 Å². The van der Waals surface area contributed by atoms with Crippen molar-refractivity contribution in [3.8, 4) is 6.07 Å². The molecule has 1 N–H and O–H groups in total. The number of carboxylic acid groups (broad SMARTS) is 1. The number of carboxylic acids is 1. The molecule has 104 valence electrons. The lowest BCUT2D eigenvalue weighted by Crippen LogP contribution is -2.26. The molecule has 1 aromatic rings. The summed E-state index contributed by atoms with van der Waals surface area (Å²) in [6.07, 6.45) is 2.02. The lowest BCUT2D eigenvalue weighted by Gasteiger charge is -2.14. The Morgan fingerprint density at radius 1 is 1.30 bits per heavy atom. The summed E-state index contributed by atoms with van der Waals surface area (Å²) in [6.45, 7) is 1.53. The van der Waals surface area contributed by atoms with E-state index in [0.717, 1.165) is 25.9 Å². The molecule has 7 heteroatoms. The molecule has 0 unspecified atom stereocenters. The Bertz CT molecular complexity index is 617. The standard InChI is InChI=1S/C13H11Cl2N3O2/c14-9-6-10(15)11(5-8(9)13(19)20)17-12(7-16)18-3-1-2-4-18/h5-6H,1-4H2,(H,19,20). The van der Waals surface area contributed by atoms with Gasteiger partial charge in [0.05, 0.1) is 21.3 Å². The first-order valence-electron chi connectivity index (χ1n) is 5.99. The predicted octanol–water partition coefficient (Wildman–Crippen LogP) is 3.34. The molecule has 0 amide bonds. The third kappa shape index (κ3) is 3.03. The number of nitrogens with zero attached hydrogens (tertiary/aromatic N) is 3. The maximum atomic E-state index is 11.0. The second kappa shape index (κ2) is 6.12. The molecule has 0 aliphatic carbocycles. The minimum absolute atomic E-state index is 0.0427. The minimum Gasteiger partial charge on any atom is -0.478 e. The molecule has 0 atom stereocenters. The highest BCUT2D eigenvalue weighted by molar-refractivity contribution is 6.38. The van der Waals surface area contributed by atoms with E-state index in [9.17, 15) is 4.79 Å². The second-order valence-electron chi connectivity index (χ2n) is 4.33. The minimum atomic E-state index is -1.16. The van der Waals surface area contributed by atoms with Gasteiger partial charge in [-0.3, -0.25) is 0 Å². The van der Waals surface area contributed by atoms with Crippen molar-refractivity contribution in [1.29, 1.82) is 5.26 Å². The van der Waals surface area contributed by atoms with Crippen LogP contribution < -0.4 is 0 Å². The van der Waals surface area contributed by atoms with E-state index in [-0.39, 0.29) is 27.1 Å². The first-order chi connectivity index (χ1) is 9.52. The van der Waals surface area contributed by atoms with Crippen molar-refractivity contribution in [1.82, 2.24) is 4.90 Å². The second-order valence-corrected chi connectivity index (χ2v) is 5.14. The molecule has 1 aromatic carbocycles. The van der Waals surface area contributed by atoms with Crippen molar-refractivity contribution >= 4 is 40.7 Å². The lowest BCUT2D eigenvalue weighted by atomic mass is 10.2. The Morgan fingerprint density at radius 2 is 1.95 bits per heavy atom. The number of carbonyl (C=O) groups is 1. The molecule has 2 rings (SSSR count). The van der Waals surface area contributed by atoms with Gasteiger partial charge in [-0.15, -0.1) is 0 Å². The summed E-state index contributed by atoms with van der Waals surface area (Å²) in [7, 11) is 0. The first kappa shape index (κ1) is 14.6. The van der Waals surface area contributed by atoms with E-state index in [2.05, 4.69) is 4.99 Å². The first-order valence-corrected chi connectivity index (χ1v) is 6.74. The summed E-state index contributed by atoms with van der Waals surface area (Å²) < 4.78 is 0. The fourth-order valence-electron chi connectivity index (χ4n) is 2.00. The molecule has 1 aliphatic heterocycles. The van der Waals surface area contributed by atoms with Gasteiger partial charge in [0.2, 0.25) is 5.84 Å². The Hall–Kier alpha value is -1.77. The normalized spacial score (nSPS) is 15.2. The SMILES string of the molecule is N#CC(=Nc1cc(C(=O)O)c(Cl)cc1Cl)N1CCCC1. The van der Waals surface area contributed by atoms with Crippen LogP contribution in [0, 0.1) is 11.3 Å². The van der Waals surface area contributed by atoms with Crippen LogP contribution in [0.2, 0.25) is 10.0 Å². The number of rotatable bonds is 2. The zero-order valence-electron chi connectivity index (χ0n) is 10.4. The van der Waals surface area contributed by atoms with E-state index < -0.39 is 5.97 Å². The average molecular weight is 312 g/mol. The lowest BCUT2D eigenvalue weighted by molar-refractivity contribution is 0.0697. The molecule has 5 nitrogen and oxygen atoms in total. The molecule has 1 fully saturated rings. The van der Waals surface area contributed by atoms with Gasteiger partial charge in [0.1, 0.15) is 6.07 Å². The van der Waals surface area contributed by atoms with Gasteiger partial charge >= 0.3 is 5.97 Å². The quantitative estimate of drug-likeness (QED) is 0.671. The van der Waals surface area contributed by atoms with E-state index in [1.54, 1.807) is 0 Å². The maximum absolute atomic E-state index is 11.0. The zero-order valence-corrected chi connectivity index (χ0v) is 11.9. The summed E-state index contributed by atoms with van der Waals surface area (Å²) in [4.78, 5) is 17.1. The largest absolute Gasteiger partial charge is 0.478 e. The fraction of sp³-hybridized carbons (Fsp3) is 0.308. The van der Waals surface area contributed by atoms with Gasteiger partial charge in [0.25, 0.3) is 0 Å². The van der Waals surface area contributed by atoms with Gasteiger partial charge in [-0.2, -0.15) is 5.26 Å². The van der Waals surface area contributed by atoms with Gasteiger partial charge < -0.3 is 10.0 Å². The highest BCUT2D eigenvalue weighted by atomic mass is 35.5. The molecular weight excluding hydrogens is 301 g/mol. The van der Waals surface area contributed by atoms with Crippen LogP contribution in [0.1, 0.15) is 23.2 Å². The van der Waals surface area contributed by atoms with Crippen molar-refractivity contribution in [3.63, 3.8) is 0 Å². The van der Waals surface area contributed by atoms with Crippen LogP contribution in [-0.4, -0.2) is 34.9 Å². The van der Waals surface area contributed by atoms with Crippen molar-refractivity contribution < 1.29 is 9.90 Å². The number of halogens is 2. The van der Waals surface area contributed by atoms with E-state index >= 15 is 0 Å². The van der Waals surface area contributed by atoms with Crippen molar-refractivity contribution in [3.05, 3.63) is 27.7 Å². The smallest absolute Gasteiger partial charge is 0.337 e. The summed E-state index contributed by atoms with van der Waals surface area (Å²) >= 11 is 11.8. The van der Waals surface area contributed by atoms with Crippen LogP contribution in [0.25, 0.3) is 0 Å². The Balaban J connectivity index is 2.43. The maximum Gasteiger partial charge on any atom is 0.337 e. The van der Waals surface area contributed by atoms with Crippen LogP contribution in [0.15, 0.2) is 17.1 Å². The molecule has 0 bridgehead atoms. The number of likely N-dealkylation sites (tertiary alicyclic amines) is 1. The summed E-state index contributed by atoms with van der Waals surface area (Å²) in [5, 5.41) is 18.5. The summed E-state index contributed by atoms with van der Waals surface area (Å²) in [5.74, 6) is -0.925. The van der Waals surface area contributed by atoms with E-state index in [1.807, 2.05) is 11.0 Å². The third-order valence-corrected chi connectivity index (χ3v) is 3.61. The Kier molecular flexibility index (Phi) is 4.48. The highest BCUT2D eigenvalue weighted by Gasteiger charge is 2.18. The predicted molar refractivity (Wildman–Crippen MR) is 76.9 cm³/mol. The molecule has 0 aromatic heterocycles. The van der Waals surface area contributed by atoms with Crippen LogP contribution in [-0.2, 0) is 0 Å². The molecular formula is C13H11Cl2N3O2. The molecule has 20 heavy (non-hydrogen) atoms. The molecule has 0 spiro atoms. The fourth-order valence-corrected chi connectivity index (χ4v) is 2.50. The average Bonchev–Trinajstić information content (AvgIpc) is 2.91. The Morgan fingerprint density at radius 3 is 2.50 bits per heavy atom.